The summed E-state index contributed by atoms with van der Waals surface area (Å²) in [4.78, 5) is 26.0. The molecule has 0 bridgehead atoms. The highest BCUT2D eigenvalue weighted by molar-refractivity contribution is 7.89. The second-order valence-corrected chi connectivity index (χ2v) is 9.01. The predicted molar refractivity (Wildman–Crippen MR) is 105 cm³/mol. The van der Waals surface area contributed by atoms with E-state index in [0.29, 0.717) is 44.6 Å². The fourth-order valence-electron chi connectivity index (χ4n) is 3.28. The topological polar surface area (TPSA) is 74.8 Å². The van der Waals surface area contributed by atoms with Crippen LogP contribution in [0.25, 0.3) is 0 Å². The Labute approximate surface area is 161 Å². The minimum absolute atomic E-state index is 0.0726. The first-order valence-corrected chi connectivity index (χ1v) is 10.6. The Morgan fingerprint density at radius 1 is 1.15 bits per heavy atom. The molecule has 0 saturated carbocycles. The molecule has 1 aromatic carbocycles. The molecule has 0 radical (unpaired) electrons. The summed E-state index contributed by atoms with van der Waals surface area (Å²) in [7, 11) is -3.62. The monoisotopic (exact) mass is 392 g/mol. The molecule has 1 fully saturated rings. The number of likely N-dealkylation sites (N-methyl/N-ethyl adjacent to an activating group) is 1. The van der Waals surface area contributed by atoms with Crippen LogP contribution in [0.2, 0.25) is 0 Å². The lowest BCUT2D eigenvalue weighted by Gasteiger charge is -2.33. The summed E-state index contributed by atoms with van der Waals surface area (Å²) in [5.41, 5.74) is 1.41. The fraction of sp³-hybridized carbons (Fsp3) is 0.500. The van der Waals surface area contributed by atoms with Gasteiger partial charge in [-0.3, -0.25) is 9.59 Å². The molecular weight excluding hydrogens is 364 g/mol. The van der Waals surface area contributed by atoms with Crippen LogP contribution >= 0.6 is 0 Å². The molecule has 2 rings (SSSR count). The molecule has 1 saturated heterocycles. The van der Waals surface area contributed by atoms with Crippen molar-refractivity contribution < 1.29 is 18.0 Å². The molecule has 1 heterocycles. The van der Waals surface area contributed by atoms with Crippen molar-refractivity contribution in [1.82, 2.24) is 9.21 Å². The third-order valence-electron chi connectivity index (χ3n) is 4.86. The SMILES string of the molecule is C=C(C)CN(CC)C(=O)C1CCN(S(=O)(=O)c2ccc(C(C)=O)cc2)CC1. The third kappa shape index (κ3) is 5.05. The molecule has 6 nitrogen and oxygen atoms in total. The summed E-state index contributed by atoms with van der Waals surface area (Å²) in [5, 5.41) is 0. The Bertz CT molecular complexity index is 807. The van der Waals surface area contributed by atoms with Gasteiger partial charge in [-0.1, -0.05) is 24.3 Å². The summed E-state index contributed by atoms with van der Waals surface area (Å²) < 4.78 is 27.1. The lowest BCUT2D eigenvalue weighted by Crippen LogP contribution is -2.44. The Morgan fingerprint density at radius 2 is 1.70 bits per heavy atom. The zero-order valence-corrected chi connectivity index (χ0v) is 17.1. The van der Waals surface area contributed by atoms with Crippen molar-refractivity contribution in [2.75, 3.05) is 26.2 Å². The maximum atomic E-state index is 12.8. The maximum Gasteiger partial charge on any atom is 0.243 e. The van der Waals surface area contributed by atoms with E-state index in [2.05, 4.69) is 6.58 Å². The number of Topliss-reactive ketones (excluding diaryl/α,β-unsaturated/α-hetero) is 1. The number of ketones is 1. The van der Waals surface area contributed by atoms with Crippen LogP contribution in [0.15, 0.2) is 41.3 Å². The van der Waals surface area contributed by atoms with E-state index in [4.69, 9.17) is 0 Å². The van der Waals surface area contributed by atoms with Crippen LogP contribution in [-0.2, 0) is 14.8 Å². The molecule has 1 amide bonds. The predicted octanol–water partition coefficient (Wildman–Crippen LogP) is 2.71. The molecule has 0 spiro atoms. The quantitative estimate of drug-likeness (QED) is 0.528. The molecule has 7 heteroatoms. The normalized spacial score (nSPS) is 16.1. The van der Waals surface area contributed by atoms with Crippen LogP contribution in [0.4, 0.5) is 0 Å². The number of amides is 1. The minimum Gasteiger partial charge on any atom is -0.339 e. The molecule has 1 aliphatic rings. The third-order valence-corrected chi connectivity index (χ3v) is 6.77. The van der Waals surface area contributed by atoms with Gasteiger partial charge >= 0.3 is 0 Å². The van der Waals surface area contributed by atoms with Crippen molar-refractivity contribution in [1.29, 1.82) is 0 Å². The van der Waals surface area contributed by atoms with Crippen LogP contribution in [0.3, 0.4) is 0 Å². The number of hydrogen-bond donors (Lipinski definition) is 0. The van der Waals surface area contributed by atoms with Crippen molar-refractivity contribution in [3.63, 3.8) is 0 Å². The molecular formula is C20H28N2O4S. The Balaban J connectivity index is 2.04. The Morgan fingerprint density at radius 3 is 2.15 bits per heavy atom. The summed E-state index contributed by atoms with van der Waals surface area (Å²) >= 11 is 0. The van der Waals surface area contributed by atoms with Gasteiger partial charge in [-0.25, -0.2) is 8.42 Å². The molecule has 1 aromatic rings. The van der Waals surface area contributed by atoms with Crippen LogP contribution < -0.4 is 0 Å². The van der Waals surface area contributed by atoms with E-state index in [-0.39, 0.29) is 22.5 Å². The van der Waals surface area contributed by atoms with Gasteiger partial charge in [0.2, 0.25) is 15.9 Å². The van der Waals surface area contributed by atoms with Crippen molar-refractivity contribution in [2.24, 2.45) is 5.92 Å². The zero-order valence-electron chi connectivity index (χ0n) is 16.3. The van der Waals surface area contributed by atoms with E-state index in [1.54, 1.807) is 4.90 Å². The van der Waals surface area contributed by atoms with E-state index in [1.807, 2.05) is 13.8 Å². The average molecular weight is 393 g/mol. The highest BCUT2D eigenvalue weighted by Crippen LogP contribution is 2.25. The van der Waals surface area contributed by atoms with Gasteiger partial charge in [0.1, 0.15) is 0 Å². The molecule has 148 valence electrons. The number of carbonyl (C=O) groups is 2. The average Bonchev–Trinajstić information content (AvgIpc) is 2.65. The van der Waals surface area contributed by atoms with Gasteiger partial charge < -0.3 is 4.90 Å². The number of hydrogen-bond acceptors (Lipinski definition) is 4. The van der Waals surface area contributed by atoms with Crippen molar-refractivity contribution in [3.05, 3.63) is 42.0 Å². The molecule has 0 unspecified atom stereocenters. The van der Waals surface area contributed by atoms with E-state index < -0.39 is 10.0 Å². The molecule has 0 aromatic heterocycles. The van der Waals surface area contributed by atoms with Gasteiger partial charge in [-0.2, -0.15) is 4.31 Å². The number of nitrogens with zero attached hydrogens (tertiary/aromatic N) is 2. The highest BCUT2D eigenvalue weighted by atomic mass is 32.2. The molecule has 0 N–H and O–H groups in total. The summed E-state index contributed by atoms with van der Waals surface area (Å²) in [6, 6.07) is 5.99. The van der Waals surface area contributed by atoms with E-state index in [9.17, 15) is 18.0 Å². The molecule has 0 aliphatic carbocycles. The first kappa shape index (κ1) is 21.3. The molecule has 27 heavy (non-hydrogen) atoms. The second kappa shape index (κ2) is 8.80. The zero-order chi connectivity index (χ0) is 20.2. The lowest BCUT2D eigenvalue weighted by atomic mass is 9.96. The summed E-state index contributed by atoms with van der Waals surface area (Å²) in [6.07, 6.45) is 1.02. The number of sulfonamides is 1. The van der Waals surface area contributed by atoms with Gasteiger partial charge in [-0.05, 0) is 45.7 Å². The summed E-state index contributed by atoms with van der Waals surface area (Å²) in [5.74, 6) is -0.187. The maximum absolute atomic E-state index is 12.8. The Hall–Kier alpha value is -1.99. The highest BCUT2D eigenvalue weighted by Gasteiger charge is 2.33. The van der Waals surface area contributed by atoms with Gasteiger partial charge in [0.15, 0.2) is 5.78 Å². The van der Waals surface area contributed by atoms with Crippen molar-refractivity contribution in [3.8, 4) is 0 Å². The van der Waals surface area contributed by atoms with Crippen molar-refractivity contribution in [2.45, 2.75) is 38.5 Å². The minimum atomic E-state index is -3.62. The van der Waals surface area contributed by atoms with Gasteiger partial charge in [0.05, 0.1) is 4.90 Å². The number of benzene rings is 1. The van der Waals surface area contributed by atoms with Crippen molar-refractivity contribution >= 4 is 21.7 Å². The first-order valence-electron chi connectivity index (χ1n) is 9.21. The molecule has 0 atom stereocenters. The molecule has 1 aliphatic heterocycles. The number of piperidine rings is 1. The first-order chi connectivity index (χ1) is 12.7. The summed E-state index contributed by atoms with van der Waals surface area (Å²) in [6.45, 7) is 10.9. The van der Waals surface area contributed by atoms with Crippen LogP contribution in [-0.4, -0.2) is 55.5 Å². The second-order valence-electron chi connectivity index (χ2n) is 7.07. The Kier molecular flexibility index (Phi) is 6.95. The standard InChI is InChI=1S/C20H28N2O4S/c1-5-21(14-15(2)3)20(24)18-10-12-22(13-11-18)27(25,26)19-8-6-17(7-9-19)16(4)23/h6-9,18H,2,5,10-14H2,1,3-4H3. The lowest BCUT2D eigenvalue weighted by molar-refractivity contribution is -0.136. The van der Waals surface area contributed by atoms with E-state index in [1.165, 1.54) is 35.5 Å². The van der Waals surface area contributed by atoms with Gasteiger partial charge in [0, 0.05) is 37.7 Å². The van der Waals surface area contributed by atoms with E-state index >= 15 is 0 Å². The van der Waals surface area contributed by atoms with Crippen LogP contribution in [0.1, 0.15) is 44.0 Å². The number of carbonyl (C=O) groups excluding carboxylic acids is 2. The fourth-order valence-corrected chi connectivity index (χ4v) is 4.75. The smallest absolute Gasteiger partial charge is 0.243 e. The number of rotatable bonds is 7. The van der Waals surface area contributed by atoms with Crippen LogP contribution in [0, 0.1) is 5.92 Å². The van der Waals surface area contributed by atoms with Crippen LogP contribution in [0.5, 0.6) is 0 Å². The van der Waals surface area contributed by atoms with Gasteiger partial charge in [-0.15, -0.1) is 0 Å². The van der Waals surface area contributed by atoms with E-state index in [0.717, 1.165) is 5.57 Å². The largest absolute Gasteiger partial charge is 0.339 e. The van der Waals surface area contributed by atoms with Gasteiger partial charge in [0.25, 0.3) is 0 Å².